The number of nitrogens with one attached hydrogen (secondary N) is 1. The molecular formula is C10H13ClN6. The van der Waals surface area contributed by atoms with E-state index >= 15 is 0 Å². The number of nitrogens with two attached hydrogens (primary N) is 1. The van der Waals surface area contributed by atoms with Crippen molar-refractivity contribution in [2.75, 3.05) is 17.6 Å². The first-order valence-electron chi connectivity index (χ1n) is 5.15. The Morgan fingerprint density at radius 1 is 1.53 bits per heavy atom. The van der Waals surface area contributed by atoms with Crippen molar-refractivity contribution >= 4 is 23.1 Å². The molecule has 0 bridgehead atoms. The highest BCUT2D eigenvalue weighted by Crippen LogP contribution is 2.15. The standard InChI is InChI=1S/C10H13ClN6/c1-17-5-3-7(16-17)2-4-13-9-8(12)6-14-10(11)15-9/h3,5-6H,2,4,12H2,1H3,(H,13,14,15). The largest absolute Gasteiger partial charge is 0.394 e. The molecule has 17 heavy (non-hydrogen) atoms. The lowest BCUT2D eigenvalue weighted by Crippen LogP contribution is -2.09. The summed E-state index contributed by atoms with van der Waals surface area (Å²) in [6, 6.07) is 1.97. The average Bonchev–Trinajstić information content (AvgIpc) is 2.69. The van der Waals surface area contributed by atoms with Crippen LogP contribution in [0.4, 0.5) is 11.5 Å². The first kappa shape index (κ1) is 11.7. The van der Waals surface area contributed by atoms with Crippen LogP contribution in [0.3, 0.4) is 0 Å². The van der Waals surface area contributed by atoms with Crippen molar-refractivity contribution in [2.24, 2.45) is 7.05 Å². The molecule has 0 saturated carbocycles. The van der Waals surface area contributed by atoms with Crippen molar-refractivity contribution < 1.29 is 0 Å². The van der Waals surface area contributed by atoms with Crippen LogP contribution in [0.1, 0.15) is 5.69 Å². The van der Waals surface area contributed by atoms with Crippen LogP contribution in [0.5, 0.6) is 0 Å². The van der Waals surface area contributed by atoms with Gasteiger partial charge in [0, 0.05) is 26.2 Å². The summed E-state index contributed by atoms with van der Waals surface area (Å²) in [7, 11) is 1.89. The molecule has 7 heteroatoms. The van der Waals surface area contributed by atoms with Gasteiger partial charge in [0.2, 0.25) is 5.28 Å². The van der Waals surface area contributed by atoms with Gasteiger partial charge in [-0.15, -0.1) is 0 Å². The van der Waals surface area contributed by atoms with E-state index < -0.39 is 0 Å². The van der Waals surface area contributed by atoms with Crippen LogP contribution in [-0.2, 0) is 13.5 Å². The van der Waals surface area contributed by atoms with Gasteiger partial charge in [0.05, 0.1) is 17.6 Å². The monoisotopic (exact) mass is 252 g/mol. The minimum absolute atomic E-state index is 0.180. The summed E-state index contributed by atoms with van der Waals surface area (Å²) >= 11 is 5.68. The predicted octanol–water partition coefficient (Wildman–Crippen LogP) is 1.10. The van der Waals surface area contributed by atoms with Crippen LogP contribution in [-0.4, -0.2) is 26.3 Å². The van der Waals surface area contributed by atoms with Crippen LogP contribution >= 0.6 is 11.6 Å². The smallest absolute Gasteiger partial charge is 0.224 e. The fourth-order valence-corrected chi connectivity index (χ4v) is 1.55. The number of hydrogen-bond donors (Lipinski definition) is 2. The number of nitrogen functional groups attached to an aromatic ring is 1. The lowest BCUT2D eigenvalue weighted by Gasteiger charge is -2.06. The second kappa shape index (κ2) is 5.01. The molecule has 2 heterocycles. The number of rotatable bonds is 4. The SMILES string of the molecule is Cn1ccc(CCNc2nc(Cl)ncc2N)n1. The number of aromatic nitrogens is 4. The minimum Gasteiger partial charge on any atom is -0.394 e. The Bertz CT molecular complexity index is 509. The third kappa shape index (κ3) is 3.07. The highest BCUT2D eigenvalue weighted by molar-refractivity contribution is 6.28. The zero-order valence-corrected chi connectivity index (χ0v) is 10.1. The number of aryl methyl sites for hydroxylation is 1. The highest BCUT2D eigenvalue weighted by atomic mass is 35.5. The molecule has 0 saturated heterocycles. The maximum atomic E-state index is 5.71. The summed E-state index contributed by atoms with van der Waals surface area (Å²) in [4.78, 5) is 7.78. The molecule has 6 nitrogen and oxygen atoms in total. The molecule has 0 aliphatic rings. The van der Waals surface area contributed by atoms with E-state index in [2.05, 4.69) is 20.4 Å². The van der Waals surface area contributed by atoms with E-state index in [9.17, 15) is 0 Å². The molecule has 0 aliphatic heterocycles. The summed E-state index contributed by atoms with van der Waals surface area (Å²) in [6.45, 7) is 0.689. The second-order valence-electron chi connectivity index (χ2n) is 3.60. The topological polar surface area (TPSA) is 81.7 Å². The van der Waals surface area contributed by atoms with Gasteiger partial charge in [0.1, 0.15) is 0 Å². The van der Waals surface area contributed by atoms with Crippen LogP contribution in [0, 0.1) is 0 Å². The van der Waals surface area contributed by atoms with Crippen molar-refractivity contribution in [3.8, 4) is 0 Å². The predicted molar refractivity (Wildman–Crippen MR) is 66.9 cm³/mol. The maximum absolute atomic E-state index is 5.71. The Balaban J connectivity index is 1.91. The number of halogens is 1. The lowest BCUT2D eigenvalue weighted by molar-refractivity contribution is 0.742. The molecule has 0 aliphatic carbocycles. The summed E-state index contributed by atoms with van der Waals surface area (Å²) in [5.41, 5.74) is 7.20. The first-order chi connectivity index (χ1) is 8.15. The third-order valence-electron chi connectivity index (χ3n) is 2.23. The van der Waals surface area contributed by atoms with Crippen molar-refractivity contribution in [2.45, 2.75) is 6.42 Å². The van der Waals surface area contributed by atoms with Gasteiger partial charge in [0.15, 0.2) is 5.82 Å². The van der Waals surface area contributed by atoms with E-state index in [0.29, 0.717) is 18.1 Å². The number of hydrogen-bond acceptors (Lipinski definition) is 5. The Morgan fingerprint density at radius 3 is 3.06 bits per heavy atom. The number of nitrogens with zero attached hydrogens (tertiary/aromatic N) is 4. The fraction of sp³-hybridized carbons (Fsp3) is 0.300. The van der Waals surface area contributed by atoms with Crippen LogP contribution in [0.2, 0.25) is 5.28 Å². The van der Waals surface area contributed by atoms with E-state index in [-0.39, 0.29) is 5.28 Å². The zero-order chi connectivity index (χ0) is 12.3. The summed E-state index contributed by atoms with van der Waals surface area (Å²) in [5.74, 6) is 0.556. The summed E-state index contributed by atoms with van der Waals surface area (Å²) in [5, 5.41) is 7.55. The summed E-state index contributed by atoms with van der Waals surface area (Å²) in [6.07, 6.45) is 4.19. The van der Waals surface area contributed by atoms with Gasteiger partial charge in [-0.2, -0.15) is 10.1 Å². The molecule has 3 N–H and O–H groups in total. The van der Waals surface area contributed by atoms with Gasteiger partial charge >= 0.3 is 0 Å². The van der Waals surface area contributed by atoms with Gasteiger partial charge in [-0.3, -0.25) is 4.68 Å². The van der Waals surface area contributed by atoms with Crippen LogP contribution < -0.4 is 11.1 Å². The van der Waals surface area contributed by atoms with E-state index in [1.165, 1.54) is 6.20 Å². The van der Waals surface area contributed by atoms with Crippen molar-refractivity contribution in [1.29, 1.82) is 0 Å². The molecule has 0 radical (unpaired) electrons. The van der Waals surface area contributed by atoms with Gasteiger partial charge in [-0.05, 0) is 17.7 Å². The van der Waals surface area contributed by atoms with Gasteiger partial charge in [-0.25, -0.2) is 4.98 Å². The normalized spacial score (nSPS) is 10.5. The summed E-state index contributed by atoms with van der Waals surface area (Å²) < 4.78 is 1.77. The molecule has 2 rings (SSSR count). The molecule has 2 aromatic rings. The maximum Gasteiger partial charge on any atom is 0.224 e. The Morgan fingerprint density at radius 2 is 2.35 bits per heavy atom. The Kier molecular flexibility index (Phi) is 3.43. The second-order valence-corrected chi connectivity index (χ2v) is 3.94. The van der Waals surface area contributed by atoms with E-state index in [0.717, 1.165) is 12.1 Å². The molecular weight excluding hydrogens is 240 g/mol. The Labute approximate surface area is 104 Å². The molecule has 90 valence electrons. The van der Waals surface area contributed by atoms with Crippen molar-refractivity contribution in [3.63, 3.8) is 0 Å². The fourth-order valence-electron chi connectivity index (χ4n) is 1.42. The minimum atomic E-state index is 0.180. The van der Waals surface area contributed by atoms with E-state index in [1.54, 1.807) is 4.68 Å². The lowest BCUT2D eigenvalue weighted by atomic mass is 10.3. The van der Waals surface area contributed by atoms with E-state index in [1.807, 2.05) is 19.3 Å². The number of anilines is 2. The quantitative estimate of drug-likeness (QED) is 0.797. The van der Waals surface area contributed by atoms with Crippen LogP contribution in [0.15, 0.2) is 18.5 Å². The van der Waals surface area contributed by atoms with Gasteiger partial charge in [0.25, 0.3) is 0 Å². The first-order valence-corrected chi connectivity index (χ1v) is 5.53. The van der Waals surface area contributed by atoms with E-state index in [4.69, 9.17) is 17.3 Å². The molecule has 0 atom stereocenters. The van der Waals surface area contributed by atoms with Gasteiger partial charge < -0.3 is 11.1 Å². The van der Waals surface area contributed by atoms with Crippen LogP contribution in [0.25, 0.3) is 0 Å². The Hall–Kier alpha value is -1.82. The highest BCUT2D eigenvalue weighted by Gasteiger charge is 2.03. The van der Waals surface area contributed by atoms with Gasteiger partial charge in [-0.1, -0.05) is 0 Å². The third-order valence-corrected chi connectivity index (χ3v) is 2.41. The van der Waals surface area contributed by atoms with Crippen molar-refractivity contribution in [3.05, 3.63) is 29.4 Å². The average molecular weight is 253 g/mol. The molecule has 0 fully saturated rings. The molecule has 0 aromatic carbocycles. The molecule has 2 aromatic heterocycles. The molecule has 0 unspecified atom stereocenters. The molecule has 0 amide bonds. The zero-order valence-electron chi connectivity index (χ0n) is 9.39. The van der Waals surface area contributed by atoms with Crippen molar-refractivity contribution in [1.82, 2.24) is 19.7 Å². The molecule has 0 spiro atoms.